The van der Waals surface area contributed by atoms with Crippen LogP contribution >= 0.6 is 0 Å². The first-order valence-corrected chi connectivity index (χ1v) is 8.01. The summed E-state index contributed by atoms with van der Waals surface area (Å²) >= 11 is 0. The van der Waals surface area contributed by atoms with Crippen molar-refractivity contribution < 1.29 is 9.53 Å². The third kappa shape index (κ3) is 4.03. The topological polar surface area (TPSA) is 73.2 Å². The first-order chi connectivity index (χ1) is 12.2. The van der Waals surface area contributed by atoms with Gasteiger partial charge in [0.05, 0.1) is 24.3 Å². The van der Waals surface area contributed by atoms with Crippen molar-refractivity contribution in [1.82, 2.24) is 14.9 Å². The molecule has 0 aliphatic heterocycles. The average Bonchev–Trinajstić information content (AvgIpc) is 2.65. The summed E-state index contributed by atoms with van der Waals surface area (Å²) in [4.78, 5) is 28.6. The lowest BCUT2D eigenvalue weighted by molar-refractivity contribution is -0.121. The Bertz CT molecular complexity index is 933. The van der Waals surface area contributed by atoms with Gasteiger partial charge >= 0.3 is 0 Å². The van der Waals surface area contributed by atoms with E-state index in [1.165, 1.54) is 10.9 Å². The highest BCUT2D eigenvalue weighted by atomic mass is 16.5. The van der Waals surface area contributed by atoms with Crippen molar-refractivity contribution in [1.29, 1.82) is 0 Å². The number of para-hydroxylation sites is 1. The van der Waals surface area contributed by atoms with Crippen LogP contribution in [0.3, 0.4) is 0 Å². The molecule has 0 spiro atoms. The number of amides is 1. The maximum absolute atomic E-state index is 12.4. The molecule has 1 heterocycles. The van der Waals surface area contributed by atoms with Crippen molar-refractivity contribution in [2.24, 2.45) is 0 Å². The van der Waals surface area contributed by atoms with Crippen LogP contribution < -0.4 is 15.6 Å². The molecule has 0 radical (unpaired) electrons. The van der Waals surface area contributed by atoms with Gasteiger partial charge in [0.2, 0.25) is 5.91 Å². The Hall–Kier alpha value is -3.15. The summed E-state index contributed by atoms with van der Waals surface area (Å²) in [5.41, 5.74) is 1.52. The first kappa shape index (κ1) is 16.7. The van der Waals surface area contributed by atoms with Crippen LogP contribution in [0.15, 0.2) is 59.7 Å². The summed E-state index contributed by atoms with van der Waals surface area (Å²) in [6.07, 6.45) is 2.12. The van der Waals surface area contributed by atoms with Crippen molar-refractivity contribution in [3.8, 4) is 5.75 Å². The van der Waals surface area contributed by atoms with Crippen LogP contribution in [0.25, 0.3) is 10.9 Å². The van der Waals surface area contributed by atoms with E-state index >= 15 is 0 Å². The van der Waals surface area contributed by atoms with Crippen molar-refractivity contribution in [2.45, 2.75) is 13.0 Å². The van der Waals surface area contributed by atoms with Crippen molar-refractivity contribution in [3.05, 3.63) is 70.8 Å². The largest absolute Gasteiger partial charge is 0.497 e. The predicted octanol–water partition coefficient (Wildman–Crippen LogP) is 1.76. The van der Waals surface area contributed by atoms with E-state index in [9.17, 15) is 9.59 Å². The van der Waals surface area contributed by atoms with Gasteiger partial charge in [0.25, 0.3) is 5.56 Å². The van der Waals surface area contributed by atoms with Crippen LogP contribution in [-0.4, -0.2) is 29.1 Å². The van der Waals surface area contributed by atoms with E-state index in [1.807, 2.05) is 30.3 Å². The van der Waals surface area contributed by atoms with Gasteiger partial charge in [-0.15, -0.1) is 0 Å². The molecule has 0 fully saturated rings. The monoisotopic (exact) mass is 337 g/mol. The number of carbonyl (C=O) groups excluding carboxylic acids is 1. The number of hydrogen-bond donors (Lipinski definition) is 1. The van der Waals surface area contributed by atoms with E-state index in [1.54, 1.807) is 25.3 Å². The number of fused-ring (bicyclic) bond motifs is 1. The molecular formula is C19H19N3O3. The Labute approximate surface area is 145 Å². The highest BCUT2D eigenvalue weighted by Crippen LogP contribution is 2.11. The molecular weight excluding hydrogens is 318 g/mol. The van der Waals surface area contributed by atoms with Crippen LogP contribution in [0.4, 0.5) is 0 Å². The minimum absolute atomic E-state index is 0.0424. The average molecular weight is 337 g/mol. The lowest BCUT2D eigenvalue weighted by Crippen LogP contribution is -2.33. The van der Waals surface area contributed by atoms with Crippen molar-refractivity contribution >= 4 is 16.8 Å². The quantitative estimate of drug-likeness (QED) is 0.744. The van der Waals surface area contributed by atoms with E-state index in [0.29, 0.717) is 23.9 Å². The fraction of sp³-hybridized carbons (Fsp3) is 0.211. The highest BCUT2D eigenvalue weighted by Gasteiger charge is 2.07. The van der Waals surface area contributed by atoms with E-state index < -0.39 is 0 Å². The predicted molar refractivity (Wildman–Crippen MR) is 95.7 cm³/mol. The second kappa shape index (κ2) is 7.61. The molecule has 0 atom stereocenters. The summed E-state index contributed by atoms with van der Waals surface area (Å²) in [7, 11) is 1.62. The molecule has 6 heteroatoms. The van der Waals surface area contributed by atoms with Gasteiger partial charge in [0.1, 0.15) is 12.3 Å². The van der Waals surface area contributed by atoms with Gasteiger partial charge in [-0.25, -0.2) is 4.98 Å². The Kier molecular flexibility index (Phi) is 5.09. The standard InChI is InChI=1S/C19H19N3O3/c1-25-15-8-6-14(7-9-15)10-11-20-18(23)12-22-13-21-17-5-3-2-4-16(17)19(22)24/h2-9,13H,10-12H2,1H3,(H,20,23). The van der Waals surface area contributed by atoms with E-state index in [-0.39, 0.29) is 18.0 Å². The molecule has 3 aromatic rings. The lowest BCUT2D eigenvalue weighted by Gasteiger charge is -2.08. The summed E-state index contributed by atoms with van der Waals surface area (Å²) in [6.45, 7) is 0.459. The molecule has 0 aliphatic carbocycles. The van der Waals surface area contributed by atoms with Gasteiger partial charge in [-0.3, -0.25) is 14.2 Å². The van der Waals surface area contributed by atoms with Crippen LogP contribution in [0.1, 0.15) is 5.56 Å². The number of hydrogen-bond acceptors (Lipinski definition) is 4. The van der Waals surface area contributed by atoms with E-state index in [2.05, 4.69) is 10.3 Å². The molecule has 0 saturated heterocycles. The van der Waals surface area contributed by atoms with Gasteiger partial charge in [0.15, 0.2) is 0 Å². The smallest absolute Gasteiger partial charge is 0.261 e. The second-order valence-corrected chi connectivity index (χ2v) is 5.64. The van der Waals surface area contributed by atoms with Crippen LogP contribution in [-0.2, 0) is 17.8 Å². The second-order valence-electron chi connectivity index (χ2n) is 5.64. The minimum Gasteiger partial charge on any atom is -0.497 e. The number of benzene rings is 2. The molecule has 128 valence electrons. The van der Waals surface area contributed by atoms with Crippen molar-refractivity contribution in [2.75, 3.05) is 13.7 Å². The van der Waals surface area contributed by atoms with Gasteiger partial charge in [-0.05, 0) is 36.2 Å². The maximum Gasteiger partial charge on any atom is 0.261 e. The summed E-state index contributed by atoms with van der Waals surface area (Å²) in [5.74, 6) is 0.587. The molecule has 25 heavy (non-hydrogen) atoms. The molecule has 1 N–H and O–H groups in total. The molecule has 6 nitrogen and oxygen atoms in total. The third-order valence-corrected chi connectivity index (χ3v) is 3.94. The number of nitrogens with one attached hydrogen (secondary N) is 1. The molecule has 0 unspecified atom stereocenters. The molecule has 2 aromatic carbocycles. The first-order valence-electron chi connectivity index (χ1n) is 8.01. The molecule has 3 rings (SSSR count). The van der Waals surface area contributed by atoms with Crippen LogP contribution in [0, 0.1) is 0 Å². The van der Waals surface area contributed by atoms with Gasteiger partial charge in [0, 0.05) is 6.54 Å². The highest BCUT2D eigenvalue weighted by molar-refractivity contribution is 5.78. The maximum atomic E-state index is 12.4. The van der Waals surface area contributed by atoms with E-state index in [4.69, 9.17) is 4.74 Å². The normalized spacial score (nSPS) is 10.6. The van der Waals surface area contributed by atoms with Gasteiger partial charge in [-0.2, -0.15) is 0 Å². The number of rotatable bonds is 6. The zero-order chi connectivity index (χ0) is 17.6. The van der Waals surface area contributed by atoms with Crippen molar-refractivity contribution in [3.63, 3.8) is 0 Å². The number of nitrogens with zero attached hydrogens (tertiary/aromatic N) is 2. The molecule has 1 amide bonds. The number of aromatic nitrogens is 2. The fourth-order valence-corrected chi connectivity index (χ4v) is 2.57. The molecule has 0 saturated carbocycles. The molecule has 0 aliphatic rings. The number of carbonyl (C=O) groups is 1. The molecule has 1 aromatic heterocycles. The number of methoxy groups -OCH3 is 1. The van der Waals surface area contributed by atoms with Gasteiger partial charge < -0.3 is 10.1 Å². The SMILES string of the molecule is COc1ccc(CCNC(=O)Cn2cnc3ccccc3c2=O)cc1. The van der Waals surface area contributed by atoms with E-state index in [0.717, 1.165) is 11.3 Å². The third-order valence-electron chi connectivity index (χ3n) is 3.94. The Morgan fingerprint density at radius 3 is 2.68 bits per heavy atom. The Morgan fingerprint density at radius 2 is 1.92 bits per heavy atom. The summed E-state index contributed by atoms with van der Waals surface area (Å²) in [6, 6.07) is 14.8. The Balaban J connectivity index is 1.57. The fourth-order valence-electron chi connectivity index (χ4n) is 2.57. The Morgan fingerprint density at radius 1 is 1.16 bits per heavy atom. The van der Waals surface area contributed by atoms with Crippen LogP contribution in [0.2, 0.25) is 0 Å². The molecule has 0 bridgehead atoms. The zero-order valence-electron chi connectivity index (χ0n) is 13.9. The summed E-state index contributed by atoms with van der Waals surface area (Å²) < 4.78 is 6.44. The summed E-state index contributed by atoms with van der Waals surface area (Å²) in [5, 5.41) is 3.34. The van der Waals surface area contributed by atoms with Gasteiger partial charge in [-0.1, -0.05) is 24.3 Å². The lowest BCUT2D eigenvalue weighted by atomic mass is 10.1. The number of ether oxygens (including phenoxy) is 1. The minimum atomic E-state index is -0.215. The zero-order valence-corrected chi connectivity index (χ0v) is 13.9. The van der Waals surface area contributed by atoms with Crippen LogP contribution in [0.5, 0.6) is 5.75 Å².